The van der Waals surface area contributed by atoms with E-state index in [9.17, 15) is 0 Å². The zero-order chi connectivity index (χ0) is 13.2. The van der Waals surface area contributed by atoms with Crippen LogP contribution in [0.15, 0.2) is 48.7 Å². The Morgan fingerprint density at radius 2 is 1.95 bits per heavy atom. The highest BCUT2D eigenvalue weighted by Gasteiger charge is 2.03. The van der Waals surface area contributed by atoms with Gasteiger partial charge in [0.15, 0.2) is 0 Å². The van der Waals surface area contributed by atoms with Crippen LogP contribution in [0.2, 0.25) is 0 Å². The van der Waals surface area contributed by atoms with Crippen molar-refractivity contribution in [2.45, 2.75) is 6.92 Å². The van der Waals surface area contributed by atoms with Gasteiger partial charge in [-0.05, 0) is 31.2 Å². The third-order valence-corrected chi connectivity index (χ3v) is 2.92. The quantitative estimate of drug-likeness (QED) is 0.732. The largest absolute Gasteiger partial charge is 0.384 e. The number of hydrogen-bond acceptors (Lipinski definition) is 4. The molecule has 19 heavy (non-hydrogen) atoms. The first-order valence-corrected chi connectivity index (χ1v) is 6.07. The van der Waals surface area contributed by atoms with Crippen LogP contribution in [0.1, 0.15) is 5.69 Å². The van der Waals surface area contributed by atoms with Crippen molar-refractivity contribution in [2.24, 2.45) is 0 Å². The number of aryl methyl sites for hydroxylation is 1. The van der Waals surface area contributed by atoms with Gasteiger partial charge in [-0.1, -0.05) is 18.2 Å². The van der Waals surface area contributed by atoms with Gasteiger partial charge in [0.25, 0.3) is 0 Å². The molecular weight excluding hydrogens is 236 g/mol. The van der Waals surface area contributed by atoms with Crippen LogP contribution >= 0.6 is 0 Å². The Balaban J connectivity index is 2.05. The second-order valence-electron chi connectivity index (χ2n) is 4.43. The van der Waals surface area contributed by atoms with Crippen LogP contribution in [0, 0.1) is 6.92 Å². The zero-order valence-electron chi connectivity index (χ0n) is 10.6. The summed E-state index contributed by atoms with van der Waals surface area (Å²) < 4.78 is 0. The Labute approximate surface area is 111 Å². The molecule has 0 aliphatic rings. The van der Waals surface area contributed by atoms with Crippen LogP contribution in [0.3, 0.4) is 0 Å². The molecule has 0 fully saturated rings. The summed E-state index contributed by atoms with van der Waals surface area (Å²) in [5.41, 5.74) is 9.39. The Hall–Kier alpha value is -2.62. The Bertz CT molecular complexity index is 720. The summed E-state index contributed by atoms with van der Waals surface area (Å²) in [6.45, 7) is 1.99. The maximum atomic E-state index is 5.58. The third-order valence-electron chi connectivity index (χ3n) is 2.92. The molecule has 3 aromatic rings. The molecule has 0 saturated heterocycles. The molecule has 0 aliphatic heterocycles. The van der Waals surface area contributed by atoms with Crippen molar-refractivity contribution in [3.8, 4) is 0 Å². The maximum absolute atomic E-state index is 5.58. The molecular formula is C15H14N4. The van der Waals surface area contributed by atoms with Crippen molar-refractivity contribution in [1.82, 2.24) is 9.97 Å². The standard InChI is InChI=1S/C15H14N4/c1-10-5-6-11-3-2-4-13(15(11)18-10)19-12-7-8-14(16)17-9-12/h2-9,19H,1H3,(H2,16,17). The summed E-state index contributed by atoms with van der Waals surface area (Å²) in [6, 6.07) is 13.8. The number of fused-ring (bicyclic) bond motifs is 1. The van der Waals surface area contributed by atoms with Gasteiger partial charge < -0.3 is 11.1 Å². The van der Waals surface area contributed by atoms with E-state index in [1.165, 1.54) is 0 Å². The van der Waals surface area contributed by atoms with Crippen molar-refractivity contribution in [2.75, 3.05) is 11.1 Å². The molecule has 3 rings (SSSR count). The number of aromatic nitrogens is 2. The molecule has 0 bridgehead atoms. The van der Waals surface area contributed by atoms with Gasteiger partial charge in [-0.25, -0.2) is 4.98 Å². The van der Waals surface area contributed by atoms with Crippen molar-refractivity contribution in [3.63, 3.8) is 0 Å². The van der Waals surface area contributed by atoms with Crippen LogP contribution in [0.25, 0.3) is 10.9 Å². The lowest BCUT2D eigenvalue weighted by Gasteiger charge is -2.09. The maximum Gasteiger partial charge on any atom is 0.123 e. The fourth-order valence-corrected chi connectivity index (χ4v) is 1.98. The number of nitrogen functional groups attached to an aromatic ring is 1. The number of pyridine rings is 2. The highest BCUT2D eigenvalue weighted by molar-refractivity contribution is 5.92. The smallest absolute Gasteiger partial charge is 0.123 e. The minimum absolute atomic E-state index is 0.512. The van der Waals surface area contributed by atoms with E-state index in [4.69, 9.17) is 5.73 Å². The topological polar surface area (TPSA) is 63.8 Å². The molecule has 4 nitrogen and oxygen atoms in total. The average molecular weight is 250 g/mol. The summed E-state index contributed by atoms with van der Waals surface area (Å²) in [6.07, 6.45) is 1.71. The summed E-state index contributed by atoms with van der Waals surface area (Å²) >= 11 is 0. The van der Waals surface area contributed by atoms with Gasteiger partial charge in [-0.15, -0.1) is 0 Å². The first-order valence-electron chi connectivity index (χ1n) is 6.07. The first-order chi connectivity index (χ1) is 9.22. The minimum Gasteiger partial charge on any atom is -0.384 e. The van der Waals surface area contributed by atoms with Crippen LogP contribution in [-0.4, -0.2) is 9.97 Å². The van der Waals surface area contributed by atoms with Crippen LogP contribution in [-0.2, 0) is 0 Å². The van der Waals surface area contributed by atoms with E-state index < -0.39 is 0 Å². The lowest BCUT2D eigenvalue weighted by Crippen LogP contribution is -1.96. The summed E-state index contributed by atoms with van der Waals surface area (Å²) in [7, 11) is 0. The average Bonchev–Trinajstić information content (AvgIpc) is 2.42. The highest BCUT2D eigenvalue weighted by Crippen LogP contribution is 2.25. The lowest BCUT2D eigenvalue weighted by molar-refractivity contribution is 1.25. The molecule has 0 atom stereocenters. The van der Waals surface area contributed by atoms with Crippen LogP contribution in [0.4, 0.5) is 17.2 Å². The molecule has 0 amide bonds. The molecule has 1 aromatic carbocycles. The van der Waals surface area contributed by atoms with Gasteiger partial charge in [0.2, 0.25) is 0 Å². The van der Waals surface area contributed by atoms with Crippen LogP contribution < -0.4 is 11.1 Å². The normalized spacial score (nSPS) is 10.6. The number of benzene rings is 1. The van der Waals surface area contributed by atoms with Gasteiger partial charge >= 0.3 is 0 Å². The van der Waals surface area contributed by atoms with E-state index in [-0.39, 0.29) is 0 Å². The minimum atomic E-state index is 0.512. The highest BCUT2D eigenvalue weighted by atomic mass is 14.9. The van der Waals surface area contributed by atoms with Crippen molar-refractivity contribution >= 4 is 28.1 Å². The monoisotopic (exact) mass is 250 g/mol. The second kappa shape index (κ2) is 4.57. The zero-order valence-corrected chi connectivity index (χ0v) is 10.6. The van der Waals surface area contributed by atoms with E-state index in [0.717, 1.165) is 28.0 Å². The van der Waals surface area contributed by atoms with Crippen molar-refractivity contribution in [3.05, 3.63) is 54.4 Å². The van der Waals surface area contributed by atoms with Gasteiger partial charge in [0.05, 0.1) is 23.1 Å². The fraction of sp³-hybridized carbons (Fsp3) is 0.0667. The van der Waals surface area contributed by atoms with Crippen molar-refractivity contribution < 1.29 is 0 Å². The van der Waals surface area contributed by atoms with E-state index in [0.29, 0.717) is 5.82 Å². The molecule has 0 aliphatic carbocycles. The number of anilines is 3. The van der Waals surface area contributed by atoms with Gasteiger partial charge in [0.1, 0.15) is 5.82 Å². The number of nitrogens with zero attached hydrogens (tertiary/aromatic N) is 2. The SMILES string of the molecule is Cc1ccc2cccc(Nc3ccc(N)nc3)c2n1. The van der Waals surface area contributed by atoms with E-state index in [1.807, 2.05) is 37.3 Å². The predicted molar refractivity (Wildman–Crippen MR) is 78.4 cm³/mol. The molecule has 2 aromatic heterocycles. The Kier molecular flexibility index (Phi) is 2.76. The molecule has 4 heteroatoms. The van der Waals surface area contributed by atoms with Gasteiger partial charge in [0, 0.05) is 11.1 Å². The Morgan fingerprint density at radius 3 is 2.74 bits per heavy atom. The Morgan fingerprint density at radius 1 is 1.05 bits per heavy atom. The van der Waals surface area contributed by atoms with Crippen molar-refractivity contribution in [1.29, 1.82) is 0 Å². The van der Waals surface area contributed by atoms with Gasteiger partial charge in [-0.2, -0.15) is 0 Å². The molecule has 2 heterocycles. The third kappa shape index (κ3) is 2.33. The molecule has 94 valence electrons. The fourth-order valence-electron chi connectivity index (χ4n) is 1.98. The number of nitrogens with one attached hydrogen (secondary N) is 1. The molecule has 0 saturated carbocycles. The summed E-state index contributed by atoms with van der Waals surface area (Å²) in [5, 5.41) is 4.43. The van der Waals surface area contributed by atoms with Gasteiger partial charge in [-0.3, -0.25) is 4.98 Å². The second-order valence-corrected chi connectivity index (χ2v) is 4.43. The number of nitrogens with two attached hydrogens (primary N) is 1. The number of hydrogen-bond donors (Lipinski definition) is 2. The molecule has 3 N–H and O–H groups in total. The van der Waals surface area contributed by atoms with E-state index in [1.54, 1.807) is 12.3 Å². The van der Waals surface area contributed by atoms with E-state index >= 15 is 0 Å². The summed E-state index contributed by atoms with van der Waals surface area (Å²) in [4.78, 5) is 8.65. The van der Waals surface area contributed by atoms with E-state index in [2.05, 4.69) is 21.4 Å². The molecule has 0 spiro atoms. The summed E-state index contributed by atoms with van der Waals surface area (Å²) in [5.74, 6) is 0.512. The number of rotatable bonds is 2. The van der Waals surface area contributed by atoms with Crippen LogP contribution in [0.5, 0.6) is 0 Å². The lowest BCUT2D eigenvalue weighted by atomic mass is 10.1. The number of para-hydroxylation sites is 1. The predicted octanol–water partition coefficient (Wildman–Crippen LogP) is 3.26. The molecule has 0 unspecified atom stereocenters. The first kappa shape index (κ1) is 11.5. The molecule has 0 radical (unpaired) electrons.